The maximum atomic E-state index is 12.7. The van der Waals surface area contributed by atoms with Crippen molar-refractivity contribution in [2.45, 2.75) is 38.6 Å². The first-order valence-corrected chi connectivity index (χ1v) is 7.28. The van der Waals surface area contributed by atoms with Crippen molar-refractivity contribution in [2.75, 3.05) is 6.54 Å². The maximum Gasteiger partial charge on any atom is 0.258 e. The molecular weight excluding hydrogens is 272 g/mol. The Kier molecular flexibility index (Phi) is 4.60. The van der Waals surface area contributed by atoms with Crippen molar-refractivity contribution < 1.29 is 9.90 Å². The summed E-state index contributed by atoms with van der Waals surface area (Å²) in [6.07, 6.45) is 4.18. The van der Waals surface area contributed by atoms with E-state index in [4.69, 9.17) is 18.0 Å². The molecular formula is C15H20N2O2S. The molecule has 1 aliphatic carbocycles. The summed E-state index contributed by atoms with van der Waals surface area (Å²) in [5.41, 5.74) is 6.85. The average molecular weight is 292 g/mol. The number of amides is 1. The fourth-order valence-electron chi connectivity index (χ4n) is 2.73. The number of aromatic hydroxyl groups is 1. The lowest BCUT2D eigenvalue weighted by Crippen LogP contribution is -2.43. The first-order chi connectivity index (χ1) is 9.49. The van der Waals surface area contributed by atoms with Crippen LogP contribution in [0, 0.1) is 6.92 Å². The van der Waals surface area contributed by atoms with Gasteiger partial charge in [-0.3, -0.25) is 4.79 Å². The van der Waals surface area contributed by atoms with Gasteiger partial charge in [-0.25, -0.2) is 0 Å². The largest absolute Gasteiger partial charge is 0.507 e. The standard InChI is InChI=1S/C15H20N2O2S/c1-10-6-7-12(13(18)8-10)15(19)17(9-14(16)20)11-4-2-3-5-11/h6-8,11,18H,2-5,9H2,1H3,(H2,16,20). The zero-order valence-corrected chi connectivity index (χ0v) is 12.4. The molecule has 0 radical (unpaired) electrons. The van der Waals surface area contributed by atoms with E-state index in [1.54, 1.807) is 17.0 Å². The zero-order valence-electron chi connectivity index (χ0n) is 11.6. The van der Waals surface area contributed by atoms with Gasteiger partial charge in [-0.05, 0) is 37.5 Å². The smallest absolute Gasteiger partial charge is 0.258 e. The lowest BCUT2D eigenvalue weighted by Gasteiger charge is -2.29. The van der Waals surface area contributed by atoms with Gasteiger partial charge in [-0.1, -0.05) is 31.1 Å². The van der Waals surface area contributed by atoms with Gasteiger partial charge in [0.2, 0.25) is 0 Å². The first-order valence-electron chi connectivity index (χ1n) is 6.88. The third kappa shape index (κ3) is 3.28. The minimum atomic E-state index is -0.192. The number of rotatable bonds is 4. The molecule has 108 valence electrons. The molecule has 1 aliphatic rings. The molecule has 0 heterocycles. The van der Waals surface area contributed by atoms with Gasteiger partial charge < -0.3 is 15.7 Å². The van der Waals surface area contributed by atoms with Crippen LogP contribution in [-0.4, -0.2) is 33.5 Å². The van der Waals surface area contributed by atoms with Crippen molar-refractivity contribution in [3.63, 3.8) is 0 Å². The second-order valence-electron chi connectivity index (χ2n) is 5.36. The summed E-state index contributed by atoms with van der Waals surface area (Å²) in [7, 11) is 0. The number of nitrogens with two attached hydrogens (primary N) is 1. The summed E-state index contributed by atoms with van der Waals surface area (Å²) < 4.78 is 0. The first kappa shape index (κ1) is 14.8. The number of hydrogen-bond donors (Lipinski definition) is 2. The number of phenolic OH excluding ortho intramolecular Hbond substituents is 1. The molecule has 1 saturated carbocycles. The Morgan fingerprint density at radius 2 is 2.10 bits per heavy atom. The number of phenols is 1. The van der Waals surface area contributed by atoms with E-state index >= 15 is 0 Å². The van der Waals surface area contributed by atoms with Crippen LogP contribution < -0.4 is 5.73 Å². The third-order valence-electron chi connectivity index (χ3n) is 3.74. The van der Waals surface area contributed by atoms with E-state index in [0.29, 0.717) is 10.6 Å². The van der Waals surface area contributed by atoms with Crippen molar-refractivity contribution in [3.05, 3.63) is 29.3 Å². The number of aryl methyl sites for hydroxylation is 1. The molecule has 4 nitrogen and oxygen atoms in total. The Bertz CT molecular complexity index is 525. The van der Waals surface area contributed by atoms with Gasteiger partial charge in [-0.2, -0.15) is 0 Å². The molecule has 0 spiro atoms. The van der Waals surface area contributed by atoms with Crippen LogP contribution in [0.5, 0.6) is 5.75 Å². The molecule has 1 fully saturated rings. The van der Waals surface area contributed by atoms with Gasteiger partial charge in [-0.15, -0.1) is 0 Å². The average Bonchev–Trinajstić information content (AvgIpc) is 2.88. The van der Waals surface area contributed by atoms with Crippen LogP contribution in [0.3, 0.4) is 0 Å². The van der Waals surface area contributed by atoms with Gasteiger partial charge >= 0.3 is 0 Å². The molecule has 0 unspecified atom stereocenters. The van der Waals surface area contributed by atoms with Crippen molar-refractivity contribution in [2.24, 2.45) is 5.73 Å². The molecule has 0 atom stereocenters. The van der Waals surface area contributed by atoms with Crippen LogP contribution in [0.4, 0.5) is 0 Å². The predicted octanol–water partition coefficient (Wildman–Crippen LogP) is 2.37. The van der Waals surface area contributed by atoms with E-state index < -0.39 is 0 Å². The zero-order chi connectivity index (χ0) is 14.7. The number of carbonyl (C=O) groups is 1. The highest BCUT2D eigenvalue weighted by Crippen LogP contribution is 2.27. The van der Waals surface area contributed by atoms with Gasteiger partial charge in [0.05, 0.1) is 17.1 Å². The number of nitrogens with zero attached hydrogens (tertiary/aromatic N) is 1. The molecule has 20 heavy (non-hydrogen) atoms. The van der Waals surface area contributed by atoms with E-state index in [1.807, 2.05) is 13.0 Å². The molecule has 1 aromatic rings. The second kappa shape index (κ2) is 6.22. The summed E-state index contributed by atoms with van der Waals surface area (Å²) in [5, 5.41) is 9.98. The Balaban J connectivity index is 2.27. The molecule has 3 N–H and O–H groups in total. The van der Waals surface area contributed by atoms with Crippen molar-refractivity contribution in [1.29, 1.82) is 0 Å². The van der Waals surface area contributed by atoms with Crippen LogP contribution >= 0.6 is 12.2 Å². The van der Waals surface area contributed by atoms with Crippen molar-refractivity contribution in [1.82, 2.24) is 4.90 Å². The highest BCUT2D eigenvalue weighted by molar-refractivity contribution is 7.80. The van der Waals surface area contributed by atoms with E-state index in [-0.39, 0.29) is 24.2 Å². The summed E-state index contributed by atoms with van der Waals surface area (Å²) in [6, 6.07) is 5.25. The van der Waals surface area contributed by atoms with Crippen LogP contribution in [0.2, 0.25) is 0 Å². The predicted molar refractivity (Wildman–Crippen MR) is 82.9 cm³/mol. The molecule has 5 heteroatoms. The van der Waals surface area contributed by atoms with E-state index in [0.717, 1.165) is 31.2 Å². The Morgan fingerprint density at radius 1 is 1.45 bits per heavy atom. The lowest BCUT2D eigenvalue weighted by molar-refractivity contribution is 0.0711. The van der Waals surface area contributed by atoms with Gasteiger partial charge in [0, 0.05) is 6.04 Å². The molecule has 1 amide bonds. The van der Waals surface area contributed by atoms with Crippen LogP contribution in [-0.2, 0) is 0 Å². The topological polar surface area (TPSA) is 66.6 Å². The van der Waals surface area contributed by atoms with Crippen LogP contribution in [0.25, 0.3) is 0 Å². The Morgan fingerprint density at radius 3 is 2.65 bits per heavy atom. The molecule has 0 saturated heterocycles. The van der Waals surface area contributed by atoms with Crippen molar-refractivity contribution in [3.8, 4) is 5.75 Å². The molecule has 0 aliphatic heterocycles. The van der Waals surface area contributed by atoms with E-state index in [1.165, 1.54) is 0 Å². The number of hydrogen-bond acceptors (Lipinski definition) is 3. The second-order valence-corrected chi connectivity index (χ2v) is 5.88. The fraction of sp³-hybridized carbons (Fsp3) is 0.467. The van der Waals surface area contributed by atoms with Crippen LogP contribution in [0.1, 0.15) is 41.6 Å². The monoisotopic (exact) mass is 292 g/mol. The van der Waals surface area contributed by atoms with Crippen LogP contribution in [0.15, 0.2) is 18.2 Å². The van der Waals surface area contributed by atoms with Gasteiger partial charge in [0.15, 0.2) is 0 Å². The normalized spacial score (nSPS) is 15.2. The summed E-state index contributed by atoms with van der Waals surface area (Å²) >= 11 is 4.95. The highest BCUT2D eigenvalue weighted by Gasteiger charge is 2.29. The minimum absolute atomic E-state index is 0.0148. The van der Waals surface area contributed by atoms with Gasteiger partial charge in [0.1, 0.15) is 5.75 Å². The molecule has 1 aromatic carbocycles. The summed E-state index contributed by atoms with van der Waals surface area (Å²) in [6.45, 7) is 2.14. The summed E-state index contributed by atoms with van der Waals surface area (Å²) in [4.78, 5) is 14.7. The SMILES string of the molecule is Cc1ccc(C(=O)N(CC(N)=S)C2CCCC2)c(O)c1. The highest BCUT2D eigenvalue weighted by atomic mass is 32.1. The summed E-state index contributed by atoms with van der Waals surface area (Å²) in [5.74, 6) is -0.178. The maximum absolute atomic E-state index is 12.7. The minimum Gasteiger partial charge on any atom is -0.507 e. The Labute approximate surface area is 124 Å². The fourth-order valence-corrected chi connectivity index (χ4v) is 2.87. The van der Waals surface area contributed by atoms with E-state index in [2.05, 4.69) is 0 Å². The number of carbonyl (C=O) groups excluding carboxylic acids is 1. The molecule has 0 aromatic heterocycles. The van der Waals surface area contributed by atoms with Gasteiger partial charge in [0.25, 0.3) is 5.91 Å². The van der Waals surface area contributed by atoms with Crippen molar-refractivity contribution >= 4 is 23.1 Å². The third-order valence-corrected chi connectivity index (χ3v) is 3.87. The quantitative estimate of drug-likeness (QED) is 0.836. The number of thiocarbonyl (C=S) groups is 1. The van der Waals surface area contributed by atoms with E-state index in [9.17, 15) is 9.90 Å². The lowest BCUT2D eigenvalue weighted by atomic mass is 10.1. The molecule has 0 bridgehead atoms. The molecule has 2 rings (SSSR count). The Hall–Kier alpha value is -1.62. The number of benzene rings is 1.